The molecule has 0 aliphatic carbocycles. The Morgan fingerprint density at radius 1 is 1.17 bits per heavy atom. The highest BCUT2D eigenvalue weighted by Crippen LogP contribution is 2.25. The number of hydrogen-bond donors (Lipinski definition) is 1. The summed E-state index contributed by atoms with van der Waals surface area (Å²) in [7, 11) is 0. The summed E-state index contributed by atoms with van der Waals surface area (Å²) in [6.07, 6.45) is 9.18. The van der Waals surface area contributed by atoms with Gasteiger partial charge in [-0.1, -0.05) is 39.7 Å². The van der Waals surface area contributed by atoms with Crippen LogP contribution in [0, 0.1) is 0 Å². The van der Waals surface area contributed by atoms with Crippen LogP contribution in [0.5, 0.6) is 0 Å². The molecular weight excluding hydrogens is 220 g/mol. The predicted octanol–water partition coefficient (Wildman–Crippen LogP) is 3.96. The average Bonchev–Trinajstić information content (AvgIpc) is 2.39. The fourth-order valence-corrected chi connectivity index (χ4v) is 2.81. The van der Waals surface area contributed by atoms with Crippen LogP contribution in [0.3, 0.4) is 0 Å². The second-order valence-electron chi connectivity index (χ2n) is 5.42. The second-order valence-corrected chi connectivity index (χ2v) is 5.42. The van der Waals surface area contributed by atoms with E-state index in [0.717, 1.165) is 32.4 Å². The molecule has 0 heterocycles. The van der Waals surface area contributed by atoms with Gasteiger partial charge in [0.2, 0.25) is 0 Å². The molecule has 2 heteroatoms. The Hall–Kier alpha value is -0.340. The van der Waals surface area contributed by atoms with E-state index in [2.05, 4.69) is 39.2 Å². The van der Waals surface area contributed by atoms with E-state index < -0.39 is 0 Å². The molecule has 0 aliphatic heterocycles. The van der Waals surface area contributed by atoms with Gasteiger partial charge in [-0.2, -0.15) is 0 Å². The third-order valence-corrected chi connectivity index (χ3v) is 4.42. The molecule has 0 amide bonds. The molecule has 2 nitrogen and oxygen atoms in total. The third kappa shape index (κ3) is 5.11. The first kappa shape index (κ1) is 17.7. The molecule has 2 N–H and O–H groups in total. The van der Waals surface area contributed by atoms with Gasteiger partial charge in [0, 0.05) is 11.6 Å². The summed E-state index contributed by atoms with van der Waals surface area (Å²) in [4.78, 5) is 2.52. The van der Waals surface area contributed by atoms with Gasteiger partial charge >= 0.3 is 0 Å². The molecule has 0 fully saturated rings. The van der Waals surface area contributed by atoms with Crippen LogP contribution >= 0.6 is 0 Å². The first-order chi connectivity index (χ1) is 8.56. The molecule has 0 aliphatic rings. The minimum Gasteiger partial charge on any atom is -0.326 e. The largest absolute Gasteiger partial charge is 0.326 e. The van der Waals surface area contributed by atoms with Crippen LogP contribution in [0.2, 0.25) is 0 Å². The van der Waals surface area contributed by atoms with Gasteiger partial charge in [0.25, 0.3) is 0 Å². The van der Waals surface area contributed by atoms with Crippen molar-refractivity contribution in [2.24, 2.45) is 5.73 Å². The van der Waals surface area contributed by atoms with Gasteiger partial charge in [0.05, 0.1) is 0 Å². The average molecular weight is 254 g/mol. The highest BCUT2D eigenvalue weighted by atomic mass is 15.2. The SMILES string of the molecule is C=CCCCCCC(N)C(C)(CC)N(CC)CC. The lowest BCUT2D eigenvalue weighted by Crippen LogP contribution is -2.57. The Balaban J connectivity index is 4.23. The zero-order valence-corrected chi connectivity index (χ0v) is 13.0. The summed E-state index contributed by atoms with van der Waals surface area (Å²) in [5.41, 5.74) is 6.62. The Morgan fingerprint density at radius 3 is 2.22 bits per heavy atom. The number of hydrogen-bond acceptors (Lipinski definition) is 2. The lowest BCUT2D eigenvalue weighted by Gasteiger charge is -2.44. The summed E-state index contributed by atoms with van der Waals surface area (Å²) >= 11 is 0. The number of nitrogens with zero attached hydrogens (tertiary/aromatic N) is 1. The van der Waals surface area contributed by atoms with Crippen LogP contribution in [0.25, 0.3) is 0 Å². The molecule has 0 aromatic rings. The monoisotopic (exact) mass is 254 g/mol. The minimum atomic E-state index is 0.155. The van der Waals surface area contributed by atoms with Gasteiger partial charge in [0.15, 0.2) is 0 Å². The molecule has 18 heavy (non-hydrogen) atoms. The summed E-state index contributed by atoms with van der Waals surface area (Å²) in [6.45, 7) is 15.0. The van der Waals surface area contributed by atoms with Crippen LogP contribution in [0.15, 0.2) is 12.7 Å². The van der Waals surface area contributed by atoms with Crippen molar-refractivity contribution in [3.8, 4) is 0 Å². The summed E-state index contributed by atoms with van der Waals surface area (Å²) in [5, 5.41) is 0. The molecule has 2 atom stereocenters. The van der Waals surface area contributed by atoms with E-state index in [1.165, 1.54) is 19.3 Å². The third-order valence-electron chi connectivity index (χ3n) is 4.42. The van der Waals surface area contributed by atoms with Gasteiger partial charge < -0.3 is 5.73 Å². The Kier molecular flexibility index (Phi) is 9.39. The van der Waals surface area contributed by atoms with Crippen LogP contribution in [-0.2, 0) is 0 Å². The molecule has 2 unspecified atom stereocenters. The normalized spacial score (nSPS) is 16.6. The standard InChI is InChI=1S/C16H34N2/c1-6-10-11-12-13-14-15(17)16(5,7-2)18(8-3)9-4/h6,15H,1,7-14,17H2,2-5H3. The molecule has 0 saturated carbocycles. The Bertz CT molecular complexity index is 211. The highest BCUT2D eigenvalue weighted by Gasteiger charge is 2.33. The molecule has 0 aromatic heterocycles. The van der Waals surface area contributed by atoms with Gasteiger partial charge in [-0.15, -0.1) is 6.58 Å². The van der Waals surface area contributed by atoms with Crippen molar-refractivity contribution in [2.75, 3.05) is 13.1 Å². The lowest BCUT2D eigenvalue weighted by molar-refractivity contribution is 0.0804. The molecule has 0 bridgehead atoms. The summed E-state index contributed by atoms with van der Waals surface area (Å²) in [6, 6.07) is 0.283. The number of rotatable bonds is 11. The van der Waals surface area contributed by atoms with Gasteiger partial charge in [-0.05, 0) is 45.7 Å². The van der Waals surface area contributed by atoms with Crippen molar-refractivity contribution in [1.29, 1.82) is 0 Å². The molecule has 0 rings (SSSR count). The van der Waals surface area contributed by atoms with E-state index >= 15 is 0 Å². The molecular formula is C16H34N2. The maximum Gasteiger partial charge on any atom is 0.0329 e. The van der Waals surface area contributed by atoms with E-state index in [-0.39, 0.29) is 11.6 Å². The maximum atomic E-state index is 6.47. The number of likely N-dealkylation sites (N-methyl/N-ethyl adjacent to an activating group) is 1. The zero-order valence-electron chi connectivity index (χ0n) is 13.0. The fourth-order valence-electron chi connectivity index (χ4n) is 2.81. The summed E-state index contributed by atoms with van der Waals surface area (Å²) in [5.74, 6) is 0. The van der Waals surface area contributed by atoms with Crippen molar-refractivity contribution < 1.29 is 0 Å². The molecule has 0 spiro atoms. The number of nitrogens with two attached hydrogens (primary N) is 1. The Labute approximate surface area is 115 Å². The molecule has 0 radical (unpaired) electrons. The molecule has 0 saturated heterocycles. The number of allylic oxidation sites excluding steroid dienone is 1. The van der Waals surface area contributed by atoms with Crippen LogP contribution in [-0.4, -0.2) is 29.6 Å². The van der Waals surface area contributed by atoms with E-state index in [4.69, 9.17) is 5.73 Å². The van der Waals surface area contributed by atoms with Crippen molar-refractivity contribution in [2.45, 2.75) is 77.8 Å². The van der Waals surface area contributed by atoms with Gasteiger partial charge in [-0.25, -0.2) is 0 Å². The molecule has 108 valence electrons. The van der Waals surface area contributed by atoms with Crippen molar-refractivity contribution >= 4 is 0 Å². The lowest BCUT2D eigenvalue weighted by atomic mass is 9.84. The van der Waals surface area contributed by atoms with Crippen LogP contribution < -0.4 is 5.73 Å². The van der Waals surface area contributed by atoms with Crippen LogP contribution in [0.1, 0.15) is 66.2 Å². The van der Waals surface area contributed by atoms with E-state index in [0.29, 0.717) is 0 Å². The quantitative estimate of drug-likeness (QED) is 0.447. The summed E-state index contributed by atoms with van der Waals surface area (Å²) < 4.78 is 0. The highest BCUT2D eigenvalue weighted by molar-refractivity contribution is 4.93. The van der Waals surface area contributed by atoms with Crippen molar-refractivity contribution in [3.63, 3.8) is 0 Å². The van der Waals surface area contributed by atoms with Gasteiger partial charge in [-0.3, -0.25) is 4.90 Å². The zero-order chi connectivity index (χ0) is 14.0. The van der Waals surface area contributed by atoms with E-state index in [1.807, 2.05) is 6.08 Å². The Morgan fingerprint density at radius 2 is 1.78 bits per heavy atom. The smallest absolute Gasteiger partial charge is 0.0329 e. The predicted molar refractivity (Wildman–Crippen MR) is 82.9 cm³/mol. The van der Waals surface area contributed by atoms with Crippen LogP contribution in [0.4, 0.5) is 0 Å². The topological polar surface area (TPSA) is 29.3 Å². The first-order valence-electron chi connectivity index (χ1n) is 7.68. The fraction of sp³-hybridized carbons (Fsp3) is 0.875. The second kappa shape index (κ2) is 9.57. The first-order valence-corrected chi connectivity index (χ1v) is 7.68. The van der Waals surface area contributed by atoms with Crippen molar-refractivity contribution in [3.05, 3.63) is 12.7 Å². The van der Waals surface area contributed by atoms with E-state index in [1.54, 1.807) is 0 Å². The molecule has 0 aromatic carbocycles. The van der Waals surface area contributed by atoms with Gasteiger partial charge in [0.1, 0.15) is 0 Å². The number of unbranched alkanes of at least 4 members (excludes halogenated alkanes) is 3. The minimum absolute atomic E-state index is 0.155. The van der Waals surface area contributed by atoms with Crippen molar-refractivity contribution in [1.82, 2.24) is 4.90 Å². The van der Waals surface area contributed by atoms with E-state index in [9.17, 15) is 0 Å². The maximum absolute atomic E-state index is 6.47.